The lowest BCUT2D eigenvalue weighted by Crippen LogP contribution is -2.49. The third kappa shape index (κ3) is 3.02. The average Bonchev–Trinajstić information content (AvgIpc) is 3.14. The molecule has 6 nitrogen and oxygen atoms in total. The van der Waals surface area contributed by atoms with Crippen LogP contribution in [0.3, 0.4) is 0 Å². The van der Waals surface area contributed by atoms with Gasteiger partial charge in [0.15, 0.2) is 0 Å². The van der Waals surface area contributed by atoms with Gasteiger partial charge in [-0.2, -0.15) is 0 Å². The summed E-state index contributed by atoms with van der Waals surface area (Å²) in [6, 6.07) is 7.63. The predicted octanol–water partition coefficient (Wildman–Crippen LogP) is 4.54. The number of aryl methyl sites for hydroxylation is 3. The summed E-state index contributed by atoms with van der Waals surface area (Å²) in [6.45, 7) is 10.0. The van der Waals surface area contributed by atoms with Crippen molar-refractivity contribution in [1.29, 1.82) is 0 Å². The van der Waals surface area contributed by atoms with Crippen molar-refractivity contribution >= 4 is 22.9 Å². The number of benzene rings is 1. The van der Waals surface area contributed by atoms with Crippen molar-refractivity contribution in [2.75, 3.05) is 11.4 Å². The Kier molecular flexibility index (Phi) is 4.07. The van der Waals surface area contributed by atoms with Gasteiger partial charge in [0.2, 0.25) is 0 Å². The van der Waals surface area contributed by atoms with Gasteiger partial charge in [-0.25, -0.2) is 4.98 Å². The van der Waals surface area contributed by atoms with E-state index >= 15 is 0 Å². The zero-order valence-corrected chi connectivity index (χ0v) is 16.8. The average molecular weight is 383 g/mol. The Morgan fingerprint density at radius 1 is 1.19 bits per heavy atom. The minimum absolute atomic E-state index is 0.0631. The van der Waals surface area contributed by atoms with Crippen LogP contribution in [-0.4, -0.2) is 28.2 Å². The highest BCUT2D eigenvalue weighted by molar-refractivity contribution is 7.17. The quantitative estimate of drug-likeness (QED) is 0.650. The zero-order chi connectivity index (χ0) is 19.3. The maximum atomic E-state index is 13.4. The van der Waals surface area contributed by atoms with Crippen LogP contribution in [0.1, 0.15) is 40.7 Å². The smallest absolute Gasteiger partial charge is 0.270 e. The number of fused-ring (bicyclic) bond motifs is 1. The van der Waals surface area contributed by atoms with E-state index in [9.17, 15) is 4.79 Å². The van der Waals surface area contributed by atoms with E-state index in [1.165, 1.54) is 11.3 Å². The molecule has 0 spiro atoms. The molecule has 7 heteroatoms. The van der Waals surface area contributed by atoms with Crippen molar-refractivity contribution < 1.29 is 14.1 Å². The van der Waals surface area contributed by atoms with Crippen LogP contribution in [0, 0.1) is 20.8 Å². The van der Waals surface area contributed by atoms with Gasteiger partial charge in [0, 0.05) is 0 Å². The number of amides is 1. The van der Waals surface area contributed by atoms with Gasteiger partial charge in [0.25, 0.3) is 5.91 Å². The van der Waals surface area contributed by atoms with E-state index in [0.717, 1.165) is 27.7 Å². The fraction of sp³-hybridized carbons (Fsp3) is 0.350. The van der Waals surface area contributed by atoms with E-state index in [4.69, 9.17) is 9.26 Å². The molecule has 0 saturated carbocycles. The number of nitrogens with zero attached hydrogens (tertiary/aromatic N) is 3. The molecule has 0 N–H and O–H groups in total. The molecule has 0 bridgehead atoms. The summed E-state index contributed by atoms with van der Waals surface area (Å²) in [5.41, 5.74) is 2.67. The van der Waals surface area contributed by atoms with Crippen molar-refractivity contribution in [3.63, 3.8) is 0 Å². The van der Waals surface area contributed by atoms with Crippen LogP contribution in [0.4, 0.5) is 5.69 Å². The van der Waals surface area contributed by atoms with Gasteiger partial charge in [-0.05, 0) is 46.8 Å². The molecule has 0 fully saturated rings. The molecule has 3 aromatic rings. The summed E-state index contributed by atoms with van der Waals surface area (Å²) >= 11 is 1.38. The molecule has 0 radical (unpaired) electrons. The normalized spacial score (nSPS) is 15.4. The lowest BCUT2D eigenvalue weighted by Gasteiger charge is -2.39. The molecule has 1 amide bonds. The topological polar surface area (TPSA) is 68.5 Å². The lowest BCUT2D eigenvalue weighted by atomic mass is 10.0. The van der Waals surface area contributed by atoms with E-state index in [0.29, 0.717) is 22.9 Å². The van der Waals surface area contributed by atoms with Gasteiger partial charge < -0.3 is 14.2 Å². The van der Waals surface area contributed by atoms with Crippen LogP contribution in [0.2, 0.25) is 0 Å². The maximum absolute atomic E-state index is 13.4. The second-order valence-corrected chi connectivity index (χ2v) is 8.35. The number of para-hydroxylation sites is 2. The van der Waals surface area contributed by atoms with E-state index in [1.807, 2.05) is 58.9 Å². The number of thiazole rings is 1. The second kappa shape index (κ2) is 6.20. The summed E-state index contributed by atoms with van der Waals surface area (Å²) < 4.78 is 11.3. The number of carbonyl (C=O) groups excluding carboxylic acids is 1. The Bertz CT molecular complexity index is 1020. The molecule has 3 heterocycles. The van der Waals surface area contributed by atoms with E-state index in [-0.39, 0.29) is 5.91 Å². The van der Waals surface area contributed by atoms with Gasteiger partial charge in [-0.3, -0.25) is 4.79 Å². The molecule has 0 atom stereocenters. The molecule has 1 aliphatic rings. The number of hydrogen-bond acceptors (Lipinski definition) is 6. The number of hydrogen-bond donors (Lipinski definition) is 0. The second-order valence-electron chi connectivity index (χ2n) is 7.35. The number of carbonyl (C=O) groups is 1. The molecule has 0 aliphatic carbocycles. The van der Waals surface area contributed by atoms with Crippen LogP contribution < -0.4 is 9.64 Å². The largest absolute Gasteiger partial charge is 0.484 e. The van der Waals surface area contributed by atoms with E-state index < -0.39 is 5.60 Å². The number of rotatable bonds is 2. The van der Waals surface area contributed by atoms with Crippen LogP contribution >= 0.6 is 11.3 Å². The minimum atomic E-state index is -0.465. The van der Waals surface area contributed by atoms with Gasteiger partial charge in [-0.1, -0.05) is 17.3 Å². The van der Waals surface area contributed by atoms with E-state index in [2.05, 4.69) is 10.1 Å². The Hall–Kier alpha value is -2.67. The van der Waals surface area contributed by atoms with Gasteiger partial charge in [0.05, 0.1) is 29.2 Å². The molecule has 1 aromatic carbocycles. The Labute approximate surface area is 161 Å². The fourth-order valence-corrected chi connectivity index (χ4v) is 4.52. The summed E-state index contributed by atoms with van der Waals surface area (Å²) in [5, 5.41) is 4.75. The molecular weight excluding hydrogens is 362 g/mol. The Morgan fingerprint density at radius 2 is 1.93 bits per heavy atom. The predicted molar refractivity (Wildman–Crippen MR) is 105 cm³/mol. The molecule has 4 rings (SSSR count). The van der Waals surface area contributed by atoms with Crippen molar-refractivity contribution in [3.05, 3.63) is 46.3 Å². The highest BCUT2D eigenvalue weighted by atomic mass is 32.1. The molecule has 140 valence electrons. The van der Waals surface area contributed by atoms with Crippen LogP contribution in [-0.2, 0) is 0 Å². The van der Waals surface area contributed by atoms with Crippen LogP contribution in [0.15, 0.2) is 28.8 Å². The number of ether oxygens (including phenoxy) is 1. The summed E-state index contributed by atoms with van der Waals surface area (Å²) in [5.74, 6) is 1.36. The standard InChI is InChI=1S/C20H21N3O3S/c1-11-16(13(3)26-22-11)18-21-12(2)17(27-18)19(24)23-10-20(4,5)25-15-9-7-6-8-14(15)23/h6-9H,10H2,1-5H3. The van der Waals surface area contributed by atoms with Crippen LogP contribution in [0.5, 0.6) is 5.75 Å². The van der Waals surface area contributed by atoms with Gasteiger partial charge in [-0.15, -0.1) is 11.3 Å². The highest BCUT2D eigenvalue weighted by Crippen LogP contribution is 2.39. The number of anilines is 1. The summed E-state index contributed by atoms with van der Waals surface area (Å²) in [6.07, 6.45) is 0. The molecular formula is C20H21N3O3S. The summed E-state index contributed by atoms with van der Waals surface area (Å²) in [7, 11) is 0. The van der Waals surface area contributed by atoms with Crippen molar-refractivity contribution in [1.82, 2.24) is 10.1 Å². The van der Waals surface area contributed by atoms with Crippen molar-refractivity contribution in [2.24, 2.45) is 0 Å². The van der Waals surface area contributed by atoms with Gasteiger partial charge in [0.1, 0.15) is 27.0 Å². The summed E-state index contributed by atoms with van der Waals surface area (Å²) in [4.78, 5) is 20.5. The Balaban J connectivity index is 1.76. The first kappa shape index (κ1) is 17.7. The first-order valence-electron chi connectivity index (χ1n) is 8.77. The molecule has 1 aliphatic heterocycles. The SMILES string of the molecule is Cc1nc(-c2c(C)noc2C)sc1C(=O)N1CC(C)(C)Oc2ccccc21. The van der Waals surface area contributed by atoms with Crippen molar-refractivity contribution in [2.45, 2.75) is 40.2 Å². The molecule has 0 saturated heterocycles. The fourth-order valence-electron chi connectivity index (χ4n) is 3.36. The van der Waals surface area contributed by atoms with Crippen molar-refractivity contribution in [3.8, 4) is 16.3 Å². The minimum Gasteiger partial charge on any atom is -0.484 e. The maximum Gasteiger partial charge on any atom is 0.270 e. The molecule has 0 unspecified atom stereocenters. The third-order valence-electron chi connectivity index (χ3n) is 4.56. The van der Waals surface area contributed by atoms with Crippen LogP contribution in [0.25, 0.3) is 10.6 Å². The molecule has 2 aromatic heterocycles. The molecule has 27 heavy (non-hydrogen) atoms. The van der Waals surface area contributed by atoms with E-state index in [1.54, 1.807) is 4.90 Å². The van der Waals surface area contributed by atoms with Gasteiger partial charge >= 0.3 is 0 Å². The highest BCUT2D eigenvalue weighted by Gasteiger charge is 2.36. The lowest BCUT2D eigenvalue weighted by molar-refractivity contribution is 0.0839. The first-order chi connectivity index (χ1) is 12.8. The third-order valence-corrected chi connectivity index (χ3v) is 5.73. The monoisotopic (exact) mass is 383 g/mol. The Morgan fingerprint density at radius 3 is 2.63 bits per heavy atom. The zero-order valence-electron chi connectivity index (χ0n) is 16.0. The first-order valence-corrected chi connectivity index (χ1v) is 9.59. The number of aromatic nitrogens is 2.